The second kappa shape index (κ2) is 9.19. The number of rotatable bonds is 8. The van der Waals surface area contributed by atoms with Gasteiger partial charge in [0, 0.05) is 5.56 Å². The molecular formula is C20H21ClO6. The first kappa shape index (κ1) is 20.5. The number of carbonyl (C=O) groups excluding carboxylic acids is 1. The van der Waals surface area contributed by atoms with Crippen LogP contribution in [0, 0.1) is 0 Å². The Morgan fingerprint density at radius 2 is 1.67 bits per heavy atom. The predicted molar refractivity (Wildman–Crippen MR) is 104 cm³/mol. The van der Waals surface area contributed by atoms with Crippen molar-refractivity contribution in [1.82, 2.24) is 0 Å². The quantitative estimate of drug-likeness (QED) is 0.531. The number of phenolic OH excluding ortho intramolecular Hbond substituents is 1. The summed E-state index contributed by atoms with van der Waals surface area (Å²) in [6.07, 6.45) is 2.97. The summed E-state index contributed by atoms with van der Waals surface area (Å²) in [5.41, 5.74) is 0.984. The number of ether oxygens (including phenoxy) is 4. The first-order valence-corrected chi connectivity index (χ1v) is 8.50. The lowest BCUT2D eigenvalue weighted by Gasteiger charge is -2.13. The van der Waals surface area contributed by atoms with E-state index in [1.54, 1.807) is 37.3 Å². The van der Waals surface area contributed by atoms with E-state index >= 15 is 0 Å². The summed E-state index contributed by atoms with van der Waals surface area (Å²) in [5.74, 6) is 1.04. The smallest absolute Gasteiger partial charge is 0.203 e. The molecule has 0 heterocycles. The molecule has 0 saturated carbocycles. The molecule has 0 radical (unpaired) electrons. The highest BCUT2D eigenvalue weighted by molar-refractivity contribution is 6.32. The largest absolute Gasteiger partial charge is 0.503 e. The van der Waals surface area contributed by atoms with Gasteiger partial charge in [-0.25, -0.2) is 0 Å². The molecule has 6 nitrogen and oxygen atoms in total. The number of hydrogen-bond acceptors (Lipinski definition) is 6. The minimum Gasteiger partial charge on any atom is -0.503 e. The molecule has 7 heteroatoms. The standard InChI is InChI=1S/C20H21ClO6/c1-5-27-16-9-12(8-14(21)19(16)23)6-7-15(22)13-10-17(24-2)20(26-4)18(11-13)25-3/h6-11,23H,5H2,1-4H3/b7-6+. The van der Waals surface area contributed by atoms with Gasteiger partial charge in [-0.05, 0) is 42.8 Å². The number of halogens is 1. The van der Waals surface area contributed by atoms with Gasteiger partial charge < -0.3 is 24.1 Å². The van der Waals surface area contributed by atoms with Gasteiger partial charge in [-0.1, -0.05) is 17.7 Å². The van der Waals surface area contributed by atoms with E-state index < -0.39 is 0 Å². The van der Waals surface area contributed by atoms with Gasteiger partial charge in [0.05, 0.1) is 33.0 Å². The number of allylic oxidation sites excluding steroid dienone is 1. The molecule has 2 rings (SSSR count). The van der Waals surface area contributed by atoms with E-state index in [1.165, 1.54) is 27.4 Å². The number of hydrogen-bond donors (Lipinski definition) is 1. The molecule has 0 bridgehead atoms. The SMILES string of the molecule is CCOc1cc(/C=C/C(=O)c2cc(OC)c(OC)c(OC)c2)cc(Cl)c1O. The van der Waals surface area contributed by atoms with Crippen molar-refractivity contribution < 1.29 is 28.8 Å². The molecule has 0 aliphatic rings. The average molecular weight is 393 g/mol. The van der Waals surface area contributed by atoms with Gasteiger partial charge in [-0.2, -0.15) is 0 Å². The number of carbonyl (C=O) groups is 1. The summed E-state index contributed by atoms with van der Waals surface area (Å²) in [6, 6.07) is 6.29. The molecule has 1 N–H and O–H groups in total. The third kappa shape index (κ3) is 4.65. The maximum absolute atomic E-state index is 12.6. The maximum Gasteiger partial charge on any atom is 0.203 e. The zero-order chi connectivity index (χ0) is 20.0. The van der Waals surface area contributed by atoms with Crippen molar-refractivity contribution in [3.63, 3.8) is 0 Å². The fourth-order valence-electron chi connectivity index (χ4n) is 2.45. The lowest BCUT2D eigenvalue weighted by atomic mass is 10.1. The molecule has 0 aromatic heterocycles. The molecule has 0 amide bonds. The normalized spacial score (nSPS) is 10.7. The Kier molecular flexibility index (Phi) is 6.96. The molecule has 144 valence electrons. The summed E-state index contributed by atoms with van der Waals surface area (Å²) in [6.45, 7) is 2.17. The topological polar surface area (TPSA) is 74.2 Å². The predicted octanol–water partition coefficient (Wildman–Crippen LogP) is 4.37. The Morgan fingerprint density at radius 3 is 2.19 bits per heavy atom. The van der Waals surface area contributed by atoms with Crippen molar-refractivity contribution in [1.29, 1.82) is 0 Å². The molecule has 2 aromatic rings. The summed E-state index contributed by atoms with van der Waals surface area (Å²) in [7, 11) is 4.45. The van der Waals surface area contributed by atoms with Crippen LogP contribution in [0.5, 0.6) is 28.7 Å². The van der Waals surface area contributed by atoms with E-state index in [-0.39, 0.29) is 22.3 Å². The average Bonchev–Trinajstić information content (AvgIpc) is 2.68. The van der Waals surface area contributed by atoms with Crippen LogP contribution in [-0.2, 0) is 0 Å². The van der Waals surface area contributed by atoms with Gasteiger partial charge >= 0.3 is 0 Å². The Balaban J connectivity index is 2.34. The van der Waals surface area contributed by atoms with E-state index in [4.69, 9.17) is 30.5 Å². The molecule has 0 atom stereocenters. The molecule has 0 unspecified atom stereocenters. The van der Waals surface area contributed by atoms with Crippen LogP contribution >= 0.6 is 11.6 Å². The molecule has 0 spiro atoms. The zero-order valence-electron chi connectivity index (χ0n) is 15.5. The second-order valence-corrected chi connectivity index (χ2v) is 5.80. The number of phenols is 1. The highest BCUT2D eigenvalue weighted by Crippen LogP contribution is 2.38. The highest BCUT2D eigenvalue weighted by atomic mass is 35.5. The number of methoxy groups -OCH3 is 3. The van der Waals surface area contributed by atoms with Crippen LogP contribution < -0.4 is 18.9 Å². The summed E-state index contributed by atoms with van der Waals surface area (Å²) >= 11 is 6.00. The van der Waals surface area contributed by atoms with E-state index in [2.05, 4.69) is 0 Å². The van der Waals surface area contributed by atoms with Crippen LogP contribution in [0.15, 0.2) is 30.3 Å². The van der Waals surface area contributed by atoms with Gasteiger partial charge in [0.15, 0.2) is 28.8 Å². The third-order valence-electron chi connectivity index (χ3n) is 3.73. The molecule has 0 fully saturated rings. The van der Waals surface area contributed by atoms with Crippen LogP contribution in [0.1, 0.15) is 22.8 Å². The zero-order valence-corrected chi connectivity index (χ0v) is 16.3. The van der Waals surface area contributed by atoms with Crippen LogP contribution in [0.2, 0.25) is 5.02 Å². The van der Waals surface area contributed by atoms with Crippen LogP contribution in [0.3, 0.4) is 0 Å². The van der Waals surface area contributed by atoms with Crippen molar-refractivity contribution in [3.8, 4) is 28.7 Å². The summed E-state index contributed by atoms with van der Waals surface area (Å²) < 4.78 is 21.1. The molecular weight excluding hydrogens is 372 g/mol. The summed E-state index contributed by atoms with van der Waals surface area (Å²) in [5, 5.41) is 10.0. The molecule has 27 heavy (non-hydrogen) atoms. The minimum atomic E-state index is -0.267. The van der Waals surface area contributed by atoms with Crippen molar-refractivity contribution in [2.75, 3.05) is 27.9 Å². The third-order valence-corrected chi connectivity index (χ3v) is 4.02. The summed E-state index contributed by atoms with van der Waals surface area (Å²) in [4.78, 5) is 12.6. The van der Waals surface area contributed by atoms with Gasteiger partial charge in [0.2, 0.25) is 5.75 Å². The van der Waals surface area contributed by atoms with Crippen LogP contribution in [-0.4, -0.2) is 38.8 Å². The molecule has 0 aliphatic heterocycles. The van der Waals surface area contributed by atoms with Crippen molar-refractivity contribution in [2.45, 2.75) is 6.92 Å². The Morgan fingerprint density at radius 1 is 1.04 bits per heavy atom. The monoisotopic (exact) mass is 392 g/mol. The van der Waals surface area contributed by atoms with Gasteiger partial charge in [-0.15, -0.1) is 0 Å². The van der Waals surface area contributed by atoms with Crippen molar-refractivity contribution in [3.05, 3.63) is 46.5 Å². The second-order valence-electron chi connectivity index (χ2n) is 5.39. The van der Waals surface area contributed by atoms with E-state index in [0.717, 1.165) is 0 Å². The van der Waals surface area contributed by atoms with Gasteiger partial charge in [0.1, 0.15) is 0 Å². The number of aromatic hydroxyl groups is 1. The van der Waals surface area contributed by atoms with Crippen LogP contribution in [0.25, 0.3) is 6.08 Å². The Hall–Kier alpha value is -2.86. The highest BCUT2D eigenvalue weighted by Gasteiger charge is 2.16. The fraction of sp³-hybridized carbons (Fsp3) is 0.250. The molecule has 0 saturated heterocycles. The van der Waals surface area contributed by atoms with Gasteiger partial charge in [-0.3, -0.25) is 4.79 Å². The van der Waals surface area contributed by atoms with Crippen LogP contribution in [0.4, 0.5) is 0 Å². The maximum atomic E-state index is 12.6. The Bertz CT molecular complexity index is 835. The van der Waals surface area contributed by atoms with E-state index in [1.807, 2.05) is 0 Å². The lowest BCUT2D eigenvalue weighted by molar-refractivity contribution is 0.104. The fourth-order valence-corrected chi connectivity index (χ4v) is 2.67. The number of benzene rings is 2. The molecule has 2 aromatic carbocycles. The van der Waals surface area contributed by atoms with E-state index in [9.17, 15) is 9.90 Å². The van der Waals surface area contributed by atoms with Gasteiger partial charge in [0.25, 0.3) is 0 Å². The number of ketones is 1. The Labute approximate surface area is 162 Å². The first-order chi connectivity index (χ1) is 12.9. The van der Waals surface area contributed by atoms with Crippen molar-refractivity contribution >= 4 is 23.5 Å². The lowest BCUT2D eigenvalue weighted by Crippen LogP contribution is -2.00. The minimum absolute atomic E-state index is 0.133. The van der Waals surface area contributed by atoms with E-state index in [0.29, 0.717) is 35.0 Å². The molecule has 0 aliphatic carbocycles. The first-order valence-electron chi connectivity index (χ1n) is 8.12. The van der Waals surface area contributed by atoms with Crippen molar-refractivity contribution in [2.24, 2.45) is 0 Å².